The van der Waals surface area contributed by atoms with Crippen LogP contribution in [0.15, 0.2) is 47.4 Å². The SMILES string of the molecule is Cc1cc2c(cc1S(=O)(=O)N1CCCC(C(=O)NCCc3ccccc3)C1)OC(C)C(=O)N2. The van der Waals surface area contributed by atoms with Crippen molar-refractivity contribution in [2.24, 2.45) is 5.92 Å². The lowest BCUT2D eigenvalue weighted by Crippen LogP contribution is -2.45. The van der Waals surface area contributed by atoms with Gasteiger partial charge in [-0.1, -0.05) is 30.3 Å². The quantitative estimate of drug-likeness (QED) is 0.674. The number of piperidine rings is 1. The molecule has 0 aliphatic carbocycles. The molecule has 4 rings (SSSR count). The van der Waals surface area contributed by atoms with E-state index in [2.05, 4.69) is 10.6 Å². The summed E-state index contributed by atoms with van der Waals surface area (Å²) in [5.74, 6) is -0.446. The second-order valence-electron chi connectivity index (χ2n) is 8.59. The number of rotatable bonds is 6. The fraction of sp³-hybridized carbons (Fsp3) is 0.417. The van der Waals surface area contributed by atoms with Crippen molar-refractivity contribution in [1.29, 1.82) is 0 Å². The normalized spacial score (nSPS) is 21.0. The summed E-state index contributed by atoms with van der Waals surface area (Å²) >= 11 is 0. The summed E-state index contributed by atoms with van der Waals surface area (Å²) in [5, 5.41) is 5.69. The number of ether oxygens (including phenoxy) is 1. The Labute approximate surface area is 194 Å². The number of fused-ring (bicyclic) bond motifs is 1. The zero-order valence-corrected chi connectivity index (χ0v) is 19.7. The fourth-order valence-corrected chi connectivity index (χ4v) is 6.00. The minimum atomic E-state index is -3.83. The first kappa shape index (κ1) is 23.3. The van der Waals surface area contributed by atoms with Gasteiger partial charge in [0.2, 0.25) is 15.9 Å². The molecular formula is C24H29N3O5S. The van der Waals surface area contributed by atoms with Crippen molar-refractivity contribution in [2.75, 3.05) is 25.0 Å². The first-order chi connectivity index (χ1) is 15.8. The Balaban J connectivity index is 1.44. The molecule has 176 valence electrons. The van der Waals surface area contributed by atoms with E-state index < -0.39 is 22.0 Å². The molecule has 2 aliphatic heterocycles. The molecule has 0 saturated carbocycles. The predicted molar refractivity (Wildman–Crippen MR) is 125 cm³/mol. The first-order valence-corrected chi connectivity index (χ1v) is 12.6. The minimum Gasteiger partial charge on any atom is -0.479 e. The van der Waals surface area contributed by atoms with Crippen molar-refractivity contribution in [3.8, 4) is 5.75 Å². The van der Waals surface area contributed by atoms with Crippen LogP contribution in [0.5, 0.6) is 5.75 Å². The Morgan fingerprint density at radius 1 is 1.24 bits per heavy atom. The molecule has 2 N–H and O–H groups in total. The first-order valence-electron chi connectivity index (χ1n) is 11.2. The molecule has 0 bridgehead atoms. The summed E-state index contributed by atoms with van der Waals surface area (Å²) in [6.45, 7) is 4.31. The van der Waals surface area contributed by atoms with Crippen LogP contribution in [0.4, 0.5) is 5.69 Å². The van der Waals surface area contributed by atoms with E-state index in [4.69, 9.17) is 4.74 Å². The van der Waals surface area contributed by atoms with Crippen LogP contribution in [-0.2, 0) is 26.0 Å². The average Bonchev–Trinajstić information content (AvgIpc) is 2.80. The minimum absolute atomic E-state index is 0.118. The average molecular weight is 472 g/mol. The van der Waals surface area contributed by atoms with Gasteiger partial charge in [0.25, 0.3) is 5.91 Å². The van der Waals surface area contributed by atoms with E-state index in [1.54, 1.807) is 19.9 Å². The van der Waals surface area contributed by atoms with Gasteiger partial charge in [0.05, 0.1) is 16.5 Å². The maximum Gasteiger partial charge on any atom is 0.265 e. The number of amides is 2. The molecule has 2 atom stereocenters. The second-order valence-corrected chi connectivity index (χ2v) is 10.5. The molecule has 0 aromatic heterocycles. The third kappa shape index (κ3) is 5.04. The van der Waals surface area contributed by atoms with E-state index in [1.807, 2.05) is 30.3 Å². The van der Waals surface area contributed by atoms with Gasteiger partial charge >= 0.3 is 0 Å². The number of carbonyl (C=O) groups is 2. The molecule has 1 fully saturated rings. The smallest absolute Gasteiger partial charge is 0.265 e. The molecule has 9 heteroatoms. The van der Waals surface area contributed by atoms with E-state index in [0.717, 1.165) is 12.0 Å². The van der Waals surface area contributed by atoms with Crippen molar-refractivity contribution >= 4 is 27.5 Å². The molecule has 8 nitrogen and oxygen atoms in total. The van der Waals surface area contributed by atoms with Crippen molar-refractivity contribution in [2.45, 2.75) is 44.1 Å². The maximum absolute atomic E-state index is 13.5. The topological polar surface area (TPSA) is 105 Å². The Kier molecular flexibility index (Phi) is 6.71. The fourth-order valence-electron chi connectivity index (χ4n) is 4.25. The van der Waals surface area contributed by atoms with E-state index >= 15 is 0 Å². The number of sulfonamides is 1. The number of hydrogen-bond donors (Lipinski definition) is 2. The summed E-state index contributed by atoms with van der Waals surface area (Å²) in [6, 6.07) is 13.0. The highest BCUT2D eigenvalue weighted by Gasteiger charge is 2.35. The lowest BCUT2D eigenvalue weighted by molar-refractivity contribution is -0.126. The number of anilines is 1. The van der Waals surface area contributed by atoms with Gasteiger partial charge in [-0.15, -0.1) is 0 Å². The standard InChI is InChI=1S/C24H29N3O5S/c1-16-13-20-21(32-17(2)23(28)26-20)14-22(16)33(30,31)27-12-6-9-19(15-27)24(29)25-11-10-18-7-4-3-5-8-18/h3-5,7-8,13-14,17,19H,6,9-12,15H2,1-2H3,(H,25,29)(H,26,28). The van der Waals surface area contributed by atoms with Crippen LogP contribution in [0, 0.1) is 12.8 Å². The lowest BCUT2D eigenvalue weighted by atomic mass is 9.99. The zero-order chi connectivity index (χ0) is 23.6. The van der Waals surface area contributed by atoms with E-state index in [0.29, 0.717) is 42.9 Å². The summed E-state index contributed by atoms with van der Waals surface area (Å²) in [7, 11) is -3.83. The second kappa shape index (κ2) is 9.52. The molecule has 0 radical (unpaired) electrons. The lowest BCUT2D eigenvalue weighted by Gasteiger charge is -2.32. The van der Waals surface area contributed by atoms with Crippen molar-refractivity contribution < 1.29 is 22.7 Å². The summed E-state index contributed by atoms with van der Waals surface area (Å²) in [6.07, 6.45) is 1.29. The molecule has 2 heterocycles. The summed E-state index contributed by atoms with van der Waals surface area (Å²) in [4.78, 5) is 24.7. The highest BCUT2D eigenvalue weighted by atomic mass is 32.2. The largest absolute Gasteiger partial charge is 0.479 e. The van der Waals surface area contributed by atoms with Gasteiger partial charge in [-0.05, 0) is 50.3 Å². The third-order valence-electron chi connectivity index (χ3n) is 6.14. The maximum atomic E-state index is 13.5. The Morgan fingerprint density at radius 2 is 2.00 bits per heavy atom. The summed E-state index contributed by atoms with van der Waals surface area (Å²) in [5.41, 5.74) is 2.12. The van der Waals surface area contributed by atoms with Crippen molar-refractivity contribution in [3.63, 3.8) is 0 Å². The van der Waals surface area contributed by atoms with Crippen LogP contribution < -0.4 is 15.4 Å². The van der Waals surface area contributed by atoms with Gasteiger partial charge in [-0.3, -0.25) is 9.59 Å². The number of nitrogens with one attached hydrogen (secondary N) is 2. The monoisotopic (exact) mass is 471 g/mol. The molecule has 2 amide bonds. The number of hydrogen-bond acceptors (Lipinski definition) is 5. The number of carbonyl (C=O) groups excluding carboxylic acids is 2. The molecule has 0 spiro atoms. The molecule has 2 unspecified atom stereocenters. The highest BCUT2D eigenvalue weighted by Crippen LogP contribution is 2.36. The highest BCUT2D eigenvalue weighted by molar-refractivity contribution is 7.89. The number of aryl methyl sites for hydroxylation is 1. The van der Waals surface area contributed by atoms with Crippen LogP contribution in [0.2, 0.25) is 0 Å². The molecule has 1 saturated heterocycles. The van der Waals surface area contributed by atoms with Gasteiger partial charge in [0, 0.05) is 25.7 Å². The van der Waals surface area contributed by atoms with Gasteiger partial charge in [0.15, 0.2) is 6.10 Å². The summed E-state index contributed by atoms with van der Waals surface area (Å²) < 4.78 is 33.9. The van der Waals surface area contributed by atoms with Crippen LogP contribution in [0.1, 0.15) is 30.9 Å². The molecule has 2 aliphatic rings. The Hall–Kier alpha value is -2.91. The van der Waals surface area contributed by atoms with E-state index in [9.17, 15) is 18.0 Å². The number of nitrogens with zero attached hydrogens (tertiary/aromatic N) is 1. The van der Waals surface area contributed by atoms with Gasteiger partial charge in [-0.25, -0.2) is 8.42 Å². The zero-order valence-electron chi connectivity index (χ0n) is 18.8. The Morgan fingerprint density at radius 3 is 2.76 bits per heavy atom. The van der Waals surface area contributed by atoms with Crippen LogP contribution in [0.25, 0.3) is 0 Å². The molecule has 2 aromatic rings. The van der Waals surface area contributed by atoms with Crippen LogP contribution in [0.3, 0.4) is 0 Å². The van der Waals surface area contributed by atoms with Crippen molar-refractivity contribution in [3.05, 3.63) is 53.6 Å². The van der Waals surface area contributed by atoms with Crippen molar-refractivity contribution in [1.82, 2.24) is 9.62 Å². The van der Waals surface area contributed by atoms with Gasteiger partial charge in [-0.2, -0.15) is 4.31 Å². The van der Waals surface area contributed by atoms with Crippen LogP contribution >= 0.6 is 0 Å². The Bertz CT molecular complexity index is 1150. The van der Waals surface area contributed by atoms with Gasteiger partial charge in [0.1, 0.15) is 5.75 Å². The van der Waals surface area contributed by atoms with Crippen LogP contribution in [-0.4, -0.2) is 50.3 Å². The van der Waals surface area contributed by atoms with Gasteiger partial charge < -0.3 is 15.4 Å². The number of benzene rings is 2. The van der Waals surface area contributed by atoms with E-state index in [-0.39, 0.29) is 23.3 Å². The third-order valence-corrected chi connectivity index (χ3v) is 8.14. The van der Waals surface area contributed by atoms with E-state index in [1.165, 1.54) is 10.4 Å². The molecule has 2 aromatic carbocycles. The molecular weight excluding hydrogens is 442 g/mol. The molecule has 33 heavy (non-hydrogen) atoms. The predicted octanol–water partition coefficient (Wildman–Crippen LogP) is 2.47.